The molecule has 266 valence electrons. The highest BCUT2D eigenvalue weighted by atomic mass is 32.2. The number of amides is 2. The summed E-state index contributed by atoms with van der Waals surface area (Å²) >= 11 is 1.30. The minimum absolute atomic E-state index is 0.0000349. The summed E-state index contributed by atoms with van der Waals surface area (Å²) in [5.74, 6) is -2.07. The van der Waals surface area contributed by atoms with Gasteiger partial charge in [0, 0.05) is 30.0 Å². The van der Waals surface area contributed by atoms with Crippen molar-refractivity contribution in [3.63, 3.8) is 0 Å². The number of aliphatic carboxylic acids is 1. The van der Waals surface area contributed by atoms with Crippen molar-refractivity contribution in [3.05, 3.63) is 143 Å². The van der Waals surface area contributed by atoms with Crippen LogP contribution in [-0.4, -0.2) is 59.2 Å². The summed E-state index contributed by atoms with van der Waals surface area (Å²) in [7, 11) is 0. The molecule has 2 atom stereocenters. The van der Waals surface area contributed by atoms with Crippen LogP contribution in [0.2, 0.25) is 0 Å². The van der Waals surface area contributed by atoms with Gasteiger partial charge in [-0.15, -0.1) is 0 Å². The van der Waals surface area contributed by atoms with E-state index in [-0.39, 0.29) is 37.6 Å². The maximum absolute atomic E-state index is 13.3. The Morgan fingerprint density at radius 3 is 1.88 bits per heavy atom. The Kier molecular flexibility index (Phi) is 15.7. The van der Waals surface area contributed by atoms with Gasteiger partial charge in [-0.3, -0.25) is 19.2 Å². The molecule has 2 amide bonds. The smallest absolute Gasteiger partial charge is 0.408 e. The fraction of sp³-hybridized carbons (Fsp3) is 0.256. The summed E-state index contributed by atoms with van der Waals surface area (Å²) in [4.78, 5) is 63.4. The first kappa shape index (κ1) is 38.3. The average Bonchev–Trinajstić information content (AvgIpc) is 3.16. The van der Waals surface area contributed by atoms with Crippen molar-refractivity contribution in [1.29, 1.82) is 0 Å². The third-order valence-electron chi connectivity index (χ3n) is 7.68. The molecule has 11 nitrogen and oxygen atoms in total. The molecule has 0 radical (unpaired) electrons. The van der Waals surface area contributed by atoms with E-state index in [1.165, 1.54) is 11.8 Å². The number of alkyl carbamates (subject to hydrolysis) is 1. The molecule has 0 bridgehead atoms. The average molecular weight is 712 g/mol. The van der Waals surface area contributed by atoms with Gasteiger partial charge in [0.15, 0.2) is 5.78 Å². The van der Waals surface area contributed by atoms with Crippen LogP contribution in [0.15, 0.2) is 115 Å². The van der Waals surface area contributed by atoms with Crippen LogP contribution in [0.3, 0.4) is 0 Å². The molecule has 4 N–H and O–H groups in total. The summed E-state index contributed by atoms with van der Waals surface area (Å²) in [5, 5.41) is 17.8. The number of nitrogens with one attached hydrogen (secondary N) is 3. The first-order chi connectivity index (χ1) is 24.8. The maximum Gasteiger partial charge on any atom is 0.408 e. The van der Waals surface area contributed by atoms with E-state index < -0.39 is 42.6 Å². The number of thioether (sulfide) groups is 1. The molecule has 0 aliphatic heterocycles. The van der Waals surface area contributed by atoms with Crippen molar-refractivity contribution >= 4 is 41.5 Å². The Morgan fingerprint density at radius 2 is 1.25 bits per heavy atom. The largest absolute Gasteiger partial charge is 0.480 e. The second-order valence-corrected chi connectivity index (χ2v) is 12.5. The summed E-state index contributed by atoms with van der Waals surface area (Å²) < 4.78 is 10.6. The summed E-state index contributed by atoms with van der Waals surface area (Å²) in [6.07, 6.45) is -0.690. The second kappa shape index (κ2) is 20.9. The number of hydrogen-bond donors (Lipinski definition) is 4. The van der Waals surface area contributed by atoms with Gasteiger partial charge in [0.1, 0.15) is 31.8 Å². The van der Waals surface area contributed by atoms with Crippen LogP contribution < -0.4 is 16.0 Å². The number of esters is 1. The molecule has 0 saturated heterocycles. The standard InChI is InChI=1S/C39H41N3O8S/c43-35(21-20-33(38(46)47)40-22-28-12-4-1-5-13-28)32-19-11-10-18-31(32)26-51-27-34(42-39(48)50-25-30-16-8-3-9-17-30)37(45)41-23-36(44)49-24-29-14-6-2-7-15-29/h1-19,33-34,40H,20-27H2,(H,41,45)(H,42,48)(H,46,47)/t33-,34-/m0/s1. The second-order valence-electron chi connectivity index (χ2n) is 11.5. The summed E-state index contributed by atoms with van der Waals surface area (Å²) in [6.45, 7) is 0.0112. The molecule has 0 aromatic heterocycles. The van der Waals surface area contributed by atoms with Crippen molar-refractivity contribution in [1.82, 2.24) is 16.0 Å². The summed E-state index contributed by atoms with van der Waals surface area (Å²) in [6, 6.07) is 32.6. The molecule has 0 heterocycles. The van der Waals surface area contributed by atoms with Crippen LogP contribution in [0.4, 0.5) is 4.79 Å². The molecule has 4 rings (SSSR count). The number of rotatable bonds is 20. The lowest BCUT2D eigenvalue weighted by Crippen LogP contribution is -2.49. The fourth-order valence-electron chi connectivity index (χ4n) is 4.93. The van der Waals surface area contributed by atoms with Crippen molar-refractivity contribution in [2.75, 3.05) is 12.3 Å². The molecule has 0 spiro atoms. The number of carbonyl (C=O) groups is 5. The van der Waals surface area contributed by atoms with Gasteiger partial charge < -0.3 is 30.5 Å². The molecule has 0 aliphatic carbocycles. The van der Waals surface area contributed by atoms with Gasteiger partial charge in [0.25, 0.3) is 0 Å². The zero-order chi connectivity index (χ0) is 36.3. The lowest BCUT2D eigenvalue weighted by Gasteiger charge is -2.18. The minimum Gasteiger partial charge on any atom is -0.480 e. The Hall–Kier alpha value is -5.46. The summed E-state index contributed by atoms with van der Waals surface area (Å²) in [5.41, 5.74) is 3.66. The van der Waals surface area contributed by atoms with E-state index in [4.69, 9.17) is 9.47 Å². The number of Topliss-reactive ketones (excluding diaryl/α,β-unsaturated/α-hetero) is 1. The van der Waals surface area contributed by atoms with Crippen LogP contribution in [0.1, 0.15) is 45.5 Å². The maximum atomic E-state index is 13.3. The molecule has 0 saturated carbocycles. The lowest BCUT2D eigenvalue weighted by atomic mass is 9.99. The predicted octanol–water partition coefficient (Wildman–Crippen LogP) is 5.28. The van der Waals surface area contributed by atoms with Crippen molar-refractivity contribution in [2.45, 2.75) is 50.4 Å². The van der Waals surface area contributed by atoms with Gasteiger partial charge >= 0.3 is 18.0 Å². The fourth-order valence-corrected chi connectivity index (χ4v) is 5.99. The van der Waals surface area contributed by atoms with E-state index in [1.54, 1.807) is 36.4 Å². The number of carboxylic acids is 1. The molecule has 12 heteroatoms. The number of carbonyl (C=O) groups excluding carboxylic acids is 4. The van der Waals surface area contributed by atoms with Crippen molar-refractivity contribution in [2.24, 2.45) is 0 Å². The molecular weight excluding hydrogens is 671 g/mol. The lowest BCUT2D eigenvalue weighted by molar-refractivity contribution is -0.145. The van der Waals surface area contributed by atoms with Gasteiger partial charge in [0.05, 0.1) is 0 Å². The van der Waals surface area contributed by atoms with E-state index in [9.17, 15) is 29.1 Å². The number of hydrogen-bond acceptors (Lipinski definition) is 9. The number of ether oxygens (including phenoxy) is 2. The highest BCUT2D eigenvalue weighted by molar-refractivity contribution is 7.98. The van der Waals surface area contributed by atoms with E-state index >= 15 is 0 Å². The van der Waals surface area contributed by atoms with E-state index in [2.05, 4.69) is 16.0 Å². The molecule has 0 aliphatic rings. The van der Waals surface area contributed by atoms with Crippen molar-refractivity contribution in [3.8, 4) is 0 Å². The Balaban J connectivity index is 1.32. The quantitative estimate of drug-likeness (QED) is 0.0702. The Labute approximate surface area is 301 Å². The van der Waals surface area contributed by atoms with Crippen LogP contribution in [0, 0.1) is 0 Å². The number of benzene rings is 4. The van der Waals surface area contributed by atoms with Crippen LogP contribution in [-0.2, 0) is 49.4 Å². The zero-order valence-electron chi connectivity index (χ0n) is 28.0. The van der Waals surface area contributed by atoms with E-state index in [0.29, 0.717) is 23.4 Å². The molecule has 4 aromatic carbocycles. The topological polar surface area (TPSA) is 160 Å². The van der Waals surface area contributed by atoms with Crippen LogP contribution in [0.5, 0.6) is 0 Å². The Bertz CT molecular complexity index is 1720. The zero-order valence-corrected chi connectivity index (χ0v) is 28.8. The normalized spacial score (nSPS) is 11.8. The van der Waals surface area contributed by atoms with E-state index in [1.807, 2.05) is 78.9 Å². The highest BCUT2D eigenvalue weighted by Crippen LogP contribution is 2.20. The van der Waals surface area contributed by atoms with E-state index in [0.717, 1.165) is 16.7 Å². The monoisotopic (exact) mass is 711 g/mol. The molecule has 0 fully saturated rings. The third kappa shape index (κ3) is 13.8. The SMILES string of the molecule is O=C(CNC(=O)[C@H](CSCc1ccccc1C(=O)CC[C@H](NCc1ccccc1)C(=O)O)NC(=O)OCc1ccccc1)OCc1ccccc1. The first-order valence-electron chi connectivity index (χ1n) is 16.4. The van der Waals surface area contributed by atoms with Crippen LogP contribution in [0.25, 0.3) is 0 Å². The highest BCUT2D eigenvalue weighted by Gasteiger charge is 2.24. The van der Waals surface area contributed by atoms with Gasteiger partial charge in [-0.05, 0) is 28.7 Å². The van der Waals surface area contributed by atoms with Gasteiger partial charge in [-0.1, -0.05) is 115 Å². The Morgan fingerprint density at radius 1 is 0.686 bits per heavy atom. The first-order valence-corrected chi connectivity index (χ1v) is 17.6. The predicted molar refractivity (Wildman–Crippen MR) is 194 cm³/mol. The van der Waals surface area contributed by atoms with Gasteiger partial charge in [-0.25, -0.2) is 4.79 Å². The number of ketones is 1. The molecule has 0 unspecified atom stereocenters. The van der Waals surface area contributed by atoms with Gasteiger partial charge in [-0.2, -0.15) is 11.8 Å². The van der Waals surface area contributed by atoms with Crippen LogP contribution >= 0.6 is 11.8 Å². The van der Waals surface area contributed by atoms with Gasteiger partial charge in [0.2, 0.25) is 5.91 Å². The third-order valence-corrected chi connectivity index (χ3v) is 8.77. The van der Waals surface area contributed by atoms with Crippen molar-refractivity contribution < 1.29 is 38.6 Å². The number of carboxylic acid groups (broad SMARTS) is 1. The molecular formula is C39H41N3O8S. The minimum atomic E-state index is -1.07. The molecule has 4 aromatic rings. The molecule has 51 heavy (non-hydrogen) atoms.